The van der Waals surface area contributed by atoms with Gasteiger partial charge in [0.1, 0.15) is 6.61 Å². The number of ether oxygens (including phenoxy) is 3. The van der Waals surface area contributed by atoms with E-state index in [0.29, 0.717) is 28.3 Å². The predicted octanol–water partition coefficient (Wildman–Crippen LogP) is 0.869. The Hall–Kier alpha value is -2.70. The van der Waals surface area contributed by atoms with Gasteiger partial charge in [-0.1, -0.05) is 6.07 Å². The normalized spacial score (nSPS) is 20.4. The Kier molecular flexibility index (Phi) is 3.17. The molecule has 0 radical (unpaired) electrons. The second kappa shape index (κ2) is 5.01. The van der Waals surface area contributed by atoms with Gasteiger partial charge in [-0.3, -0.25) is 0 Å². The lowest BCUT2D eigenvalue weighted by atomic mass is 9.96. The van der Waals surface area contributed by atoms with E-state index in [0.717, 1.165) is 0 Å². The van der Waals surface area contributed by atoms with Crippen molar-refractivity contribution in [3.8, 4) is 11.5 Å². The van der Waals surface area contributed by atoms with Crippen LogP contribution in [0.2, 0.25) is 0 Å². The van der Waals surface area contributed by atoms with Gasteiger partial charge < -0.3 is 24.8 Å². The maximum Gasteiger partial charge on any atom is 0.338 e. The summed E-state index contributed by atoms with van der Waals surface area (Å²) in [5.41, 5.74) is 1.64. The molecule has 0 saturated heterocycles. The van der Waals surface area contributed by atoms with Crippen LogP contribution < -0.4 is 20.1 Å². The van der Waals surface area contributed by atoms with Gasteiger partial charge in [-0.25, -0.2) is 9.59 Å². The summed E-state index contributed by atoms with van der Waals surface area (Å²) < 4.78 is 15.4. The molecule has 1 aromatic rings. The number of carbonyl (C=O) groups is 2. The van der Waals surface area contributed by atoms with E-state index in [1.54, 1.807) is 25.3 Å². The van der Waals surface area contributed by atoms with Crippen LogP contribution >= 0.6 is 0 Å². The second-order valence-electron chi connectivity index (χ2n) is 4.61. The number of amides is 2. The van der Waals surface area contributed by atoms with Crippen molar-refractivity contribution in [2.45, 2.75) is 6.04 Å². The van der Waals surface area contributed by atoms with Crippen molar-refractivity contribution in [2.75, 3.05) is 20.8 Å². The minimum atomic E-state index is -0.566. The molecule has 21 heavy (non-hydrogen) atoms. The zero-order valence-corrected chi connectivity index (χ0v) is 11.6. The number of rotatable bonds is 3. The van der Waals surface area contributed by atoms with Crippen LogP contribution in [-0.4, -0.2) is 32.8 Å². The zero-order valence-electron chi connectivity index (χ0n) is 11.6. The summed E-state index contributed by atoms with van der Waals surface area (Å²) in [4.78, 5) is 23.5. The summed E-state index contributed by atoms with van der Waals surface area (Å²) in [5.74, 6) is 0.665. The highest BCUT2D eigenvalue weighted by Crippen LogP contribution is 2.35. The molecule has 2 aliphatic rings. The maximum atomic E-state index is 11.8. The Morgan fingerprint density at radius 3 is 2.67 bits per heavy atom. The lowest BCUT2D eigenvalue weighted by molar-refractivity contribution is -0.136. The Morgan fingerprint density at radius 2 is 1.95 bits per heavy atom. The first-order valence-electron chi connectivity index (χ1n) is 6.33. The van der Waals surface area contributed by atoms with Crippen molar-refractivity contribution in [1.82, 2.24) is 10.6 Å². The van der Waals surface area contributed by atoms with Crippen LogP contribution in [0.5, 0.6) is 11.5 Å². The number of methoxy groups -OCH3 is 2. The first-order valence-corrected chi connectivity index (χ1v) is 6.33. The molecule has 7 heteroatoms. The van der Waals surface area contributed by atoms with Crippen molar-refractivity contribution in [3.05, 3.63) is 35.0 Å². The third kappa shape index (κ3) is 2.16. The van der Waals surface area contributed by atoms with Gasteiger partial charge in [0.2, 0.25) is 0 Å². The van der Waals surface area contributed by atoms with E-state index in [1.165, 1.54) is 7.11 Å². The molecule has 2 heterocycles. The largest absolute Gasteiger partial charge is 0.493 e. The predicted molar refractivity (Wildman–Crippen MR) is 71.9 cm³/mol. The van der Waals surface area contributed by atoms with E-state index in [-0.39, 0.29) is 12.6 Å². The Bertz CT molecular complexity index is 653. The van der Waals surface area contributed by atoms with E-state index in [9.17, 15) is 9.59 Å². The van der Waals surface area contributed by atoms with E-state index in [1.807, 2.05) is 0 Å². The van der Waals surface area contributed by atoms with Crippen LogP contribution in [0, 0.1) is 0 Å². The number of hydrogen-bond acceptors (Lipinski definition) is 5. The van der Waals surface area contributed by atoms with E-state index in [4.69, 9.17) is 14.2 Å². The topological polar surface area (TPSA) is 85.9 Å². The van der Waals surface area contributed by atoms with Crippen LogP contribution in [0.15, 0.2) is 29.5 Å². The molecule has 2 amide bonds. The molecule has 0 bridgehead atoms. The van der Waals surface area contributed by atoms with Crippen molar-refractivity contribution in [3.63, 3.8) is 0 Å². The summed E-state index contributed by atoms with van der Waals surface area (Å²) in [6.07, 6.45) is 0. The smallest absolute Gasteiger partial charge is 0.338 e. The molecular formula is C14H14N2O5. The third-order valence-corrected chi connectivity index (χ3v) is 3.46. The van der Waals surface area contributed by atoms with Crippen molar-refractivity contribution in [2.24, 2.45) is 0 Å². The molecule has 0 fully saturated rings. The van der Waals surface area contributed by atoms with Gasteiger partial charge >= 0.3 is 12.0 Å². The number of carbonyl (C=O) groups excluding carboxylic acids is 2. The molecule has 1 aromatic carbocycles. The minimum Gasteiger partial charge on any atom is -0.493 e. The molecule has 7 nitrogen and oxygen atoms in total. The van der Waals surface area contributed by atoms with Crippen LogP contribution in [0.4, 0.5) is 4.79 Å². The summed E-state index contributed by atoms with van der Waals surface area (Å²) in [7, 11) is 3.07. The van der Waals surface area contributed by atoms with E-state index >= 15 is 0 Å². The molecular weight excluding hydrogens is 276 g/mol. The summed E-state index contributed by atoms with van der Waals surface area (Å²) >= 11 is 0. The molecule has 0 unspecified atom stereocenters. The van der Waals surface area contributed by atoms with Crippen molar-refractivity contribution < 1.29 is 23.8 Å². The van der Waals surface area contributed by atoms with Gasteiger partial charge in [0, 0.05) is 0 Å². The zero-order chi connectivity index (χ0) is 15.0. The molecule has 0 spiro atoms. The molecule has 2 N–H and O–H groups in total. The summed E-state index contributed by atoms with van der Waals surface area (Å²) in [6.45, 7) is 0.0887. The van der Waals surface area contributed by atoms with Crippen LogP contribution in [-0.2, 0) is 9.53 Å². The van der Waals surface area contributed by atoms with Crippen LogP contribution in [0.1, 0.15) is 11.6 Å². The Morgan fingerprint density at radius 1 is 1.19 bits per heavy atom. The molecule has 0 aromatic heterocycles. The number of nitrogens with one attached hydrogen (secondary N) is 2. The van der Waals surface area contributed by atoms with Gasteiger partial charge in [0.25, 0.3) is 0 Å². The number of hydrogen-bond donors (Lipinski definition) is 2. The second-order valence-corrected chi connectivity index (χ2v) is 4.61. The highest BCUT2D eigenvalue weighted by Gasteiger charge is 2.38. The monoisotopic (exact) mass is 290 g/mol. The number of urea groups is 1. The fourth-order valence-electron chi connectivity index (χ4n) is 2.47. The van der Waals surface area contributed by atoms with Crippen molar-refractivity contribution >= 4 is 12.0 Å². The number of benzene rings is 1. The Labute approximate surface area is 120 Å². The summed E-state index contributed by atoms with van der Waals surface area (Å²) in [5, 5.41) is 5.31. The standard InChI is InChI=1S/C14H14N2O5/c1-19-9-4-3-7(5-10(9)20-2)12-11-8(6-21-13(11)17)15-14(18)16-12/h3-5,12H,6H2,1-2H3,(H2,15,16,18)/t12-/m0/s1. The fraction of sp³-hybridized carbons (Fsp3) is 0.286. The molecule has 2 aliphatic heterocycles. The first-order chi connectivity index (χ1) is 10.1. The van der Waals surface area contributed by atoms with Gasteiger partial charge in [-0.15, -0.1) is 0 Å². The first kappa shape index (κ1) is 13.3. The van der Waals surface area contributed by atoms with Gasteiger partial charge in [0.15, 0.2) is 11.5 Å². The highest BCUT2D eigenvalue weighted by molar-refractivity contribution is 5.97. The lowest BCUT2D eigenvalue weighted by Crippen LogP contribution is -2.44. The molecule has 0 saturated carbocycles. The number of cyclic esters (lactones) is 1. The molecule has 0 aliphatic carbocycles. The van der Waals surface area contributed by atoms with Crippen LogP contribution in [0.25, 0.3) is 0 Å². The fourth-order valence-corrected chi connectivity index (χ4v) is 2.47. The number of esters is 1. The highest BCUT2D eigenvalue weighted by atomic mass is 16.5. The van der Waals surface area contributed by atoms with E-state index in [2.05, 4.69) is 10.6 Å². The Balaban J connectivity index is 2.04. The van der Waals surface area contributed by atoms with Gasteiger partial charge in [0.05, 0.1) is 31.5 Å². The minimum absolute atomic E-state index is 0.0887. The average Bonchev–Trinajstić information content (AvgIpc) is 2.86. The summed E-state index contributed by atoms with van der Waals surface area (Å²) in [6, 6.07) is 4.29. The average molecular weight is 290 g/mol. The maximum absolute atomic E-state index is 11.8. The molecule has 3 rings (SSSR count). The van der Waals surface area contributed by atoms with Crippen molar-refractivity contribution in [1.29, 1.82) is 0 Å². The van der Waals surface area contributed by atoms with E-state index < -0.39 is 12.0 Å². The van der Waals surface area contributed by atoms with Gasteiger partial charge in [-0.2, -0.15) is 0 Å². The lowest BCUT2D eigenvalue weighted by Gasteiger charge is -2.25. The third-order valence-electron chi connectivity index (χ3n) is 3.46. The quantitative estimate of drug-likeness (QED) is 0.807. The molecule has 1 atom stereocenters. The molecule has 110 valence electrons. The van der Waals surface area contributed by atoms with Gasteiger partial charge in [-0.05, 0) is 17.7 Å². The SMILES string of the molecule is COc1ccc([C@@H]2NC(=O)NC3=C2C(=O)OC3)cc1OC. The van der Waals surface area contributed by atoms with Crippen LogP contribution in [0.3, 0.4) is 0 Å².